The van der Waals surface area contributed by atoms with Crippen molar-refractivity contribution in [3.05, 3.63) is 59.9 Å². The zero-order valence-electron chi connectivity index (χ0n) is 14.6. The van der Waals surface area contributed by atoms with E-state index in [1.165, 1.54) is 0 Å². The summed E-state index contributed by atoms with van der Waals surface area (Å²) in [7, 11) is 3.92. The summed E-state index contributed by atoms with van der Waals surface area (Å²) in [6, 6.07) is 12.5. The van der Waals surface area contributed by atoms with Gasteiger partial charge in [-0.15, -0.1) is 0 Å². The molecular weight excluding hydrogens is 318 g/mol. The number of carbonyl (C=O) groups is 2. The smallest absolute Gasteiger partial charge is 0.260 e. The lowest BCUT2D eigenvalue weighted by Crippen LogP contribution is -2.39. The van der Waals surface area contributed by atoms with Gasteiger partial charge in [0.25, 0.3) is 5.91 Å². The molecule has 0 spiro atoms. The number of pyridine rings is 1. The number of aldehydes is 1. The van der Waals surface area contributed by atoms with Crippen LogP contribution >= 0.6 is 0 Å². The number of benzene rings is 1. The zero-order chi connectivity index (χ0) is 18.1. The fourth-order valence-electron chi connectivity index (χ4n) is 2.24. The van der Waals surface area contributed by atoms with Crippen LogP contribution in [0.2, 0.25) is 0 Å². The molecule has 0 aliphatic rings. The minimum absolute atomic E-state index is 0.120. The molecule has 0 N–H and O–H groups in total. The van der Waals surface area contributed by atoms with Crippen LogP contribution in [0.4, 0.5) is 0 Å². The average molecular weight is 341 g/mol. The molecule has 132 valence electrons. The zero-order valence-corrected chi connectivity index (χ0v) is 14.6. The Morgan fingerprint density at radius 1 is 1.12 bits per heavy atom. The van der Waals surface area contributed by atoms with Crippen LogP contribution in [0.15, 0.2) is 48.7 Å². The predicted molar refractivity (Wildman–Crippen MR) is 95.5 cm³/mol. The SMILES string of the molecule is CN(C)CCN(Cc1ccccn1)C(=O)COc1ccccc1C=O. The second-order valence-corrected chi connectivity index (χ2v) is 5.88. The summed E-state index contributed by atoms with van der Waals surface area (Å²) >= 11 is 0. The van der Waals surface area contributed by atoms with E-state index in [2.05, 4.69) is 4.98 Å². The van der Waals surface area contributed by atoms with Gasteiger partial charge in [-0.1, -0.05) is 18.2 Å². The highest BCUT2D eigenvalue weighted by atomic mass is 16.5. The second kappa shape index (κ2) is 9.54. The van der Waals surface area contributed by atoms with Gasteiger partial charge in [0.05, 0.1) is 17.8 Å². The summed E-state index contributed by atoms with van der Waals surface area (Å²) in [5, 5.41) is 0. The minimum atomic E-state index is -0.145. The van der Waals surface area contributed by atoms with Crippen LogP contribution in [-0.2, 0) is 11.3 Å². The van der Waals surface area contributed by atoms with Gasteiger partial charge in [0.1, 0.15) is 5.75 Å². The van der Waals surface area contributed by atoms with E-state index >= 15 is 0 Å². The number of likely N-dealkylation sites (N-methyl/N-ethyl adjacent to an activating group) is 1. The van der Waals surface area contributed by atoms with Gasteiger partial charge in [0.15, 0.2) is 12.9 Å². The van der Waals surface area contributed by atoms with E-state index in [0.717, 1.165) is 18.5 Å². The van der Waals surface area contributed by atoms with Crippen molar-refractivity contribution < 1.29 is 14.3 Å². The molecule has 1 aromatic heterocycles. The van der Waals surface area contributed by atoms with Crippen LogP contribution in [-0.4, -0.2) is 60.8 Å². The Morgan fingerprint density at radius 2 is 1.88 bits per heavy atom. The molecule has 25 heavy (non-hydrogen) atoms. The van der Waals surface area contributed by atoms with Gasteiger partial charge < -0.3 is 14.5 Å². The van der Waals surface area contributed by atoms with Crippen molar-refractivity contribution >= 4 is 12.2 Å². The van der Waals surface area contributed by atoms with Crippen molar-refractivity contribution in [1.82, 2.24) is 14.8 Å². The quantitative estimate of drug-likeness (QED) is 0.652. The first-order chi connectivity index (χ1) is 12.1. The van der Waals surface area contributed by atoms with Crippen LogP contribution in [0.1, 0.15) is 16.1 Å². The average Bonchev–Trinajstić information content (AvgIpc) is 2.64. The van der Waals surface area contributed by atoms with Crippen molar-refractivity contribution in [2.75, 3.05) is 33.8 Å². The van der Waals surface area contributed by atoms with Crippen LogP contribution in [0.5, 0.6) is 5.75 Å². The van der Waals surface area contributed by atoms with Gasteiger partial charge in [0, 0.05) is 19.3 Å². The molecule has 0 saturated carbocycles. The number of rotatable bonds is 9. The molecule has 1 heterocycles. The molecule has 1 aromatic carbocycles. The topological polar surface area (TPSA) is 62.7 Å². The Kier molecular flexibility index (Phi) is 7.10. The van der Waals surface area contributed by atoms with Crippen molar-refractivity contribution in [1.29, 1.82) is 0 Å². The Labute approximate surface area is 148 Å². The number of amides is 1. The Hall–Kier alpha value is -2.73. The highest BCUT2D eigenvalue weighted by Crippen LogP contribution is 2.15. The maximum Gasteiger partial charge on any atom is 0.260 e. The molecule has 0 saturated heterocycles. The maximum absolute atomic E-state index is 12.6. The Balaban J connectivity index is 2.02. The molecule has 0 radical (unpaired) electrons. The van der Waals surface area contributed by atoms with E-state index < -0.39 is 0 Å². The third-order valence-electron chi connectivity index (χ3n) is 3.65. The molecule has 6 nitrogen and oxygen atoms in total. The highest BCUT2D eigenvalue weighted by molar-refractivity contribution is 5.80. The van der Waals surface area contributed by atoms with Gasteiger partial charge in [-0.25, -0.2) is 0 Å². The molecule has 0 atom stereocenters. The van der Waals surface area contributed by atoms with Crippen LogP contribution in [0.25, 0.3) is 0 Å². The normalized spacial score (nSPS) is 10.5. The summed E-state index contributed by atoms with van der Waals surface area (Å²) < 4.78 is 5.56. The number of ether oxygens (including phenoxy) is 1. The van der Waals surface area contributed by atoms with Crippen molar-refractivity contribution in [3.8, 4) is 5.75 Å². The van der Waals surface area contributed by atoms with Gasteiger partial charge >= 0.3 is 0 Å². The molecule has 0 bridgehead atoms. The lowest BCUT2D eigenvalue weighted by molar-refractivity contribution is -0.134. The third-order valence-corrected chi connectivity index (χ3v) is 3.65. The number of aromatic nitrogens is 1. The fraction of sp³-hybridized carbons (Fsp3) is 0.316. The van der Waals surface area contributed by atoms with E-state index in [0.29, 0.717) is 24.4 Å². The van der Waals surface area contributed by atoms with Gasteiger partial charge in [-0.3, -0.25) is 14.6 Å². The predicted octanol–water partition coefficient (Wildman–Crippen LogP) is 1.86. The number of para-hydroxylation sites is 1. The number of hydrogen-bond acceptors (Lipinski definition) is 5. The van der Waals surface area contributed by atoms with E-state index in [9.17, 15) is 9.59 Å². The monoisotopic (exact) mass is 341 g/mol. The van der Waals surface area contributed by atoms with E-state index in [1.54, 1.807) is 35.4 Å². The third kappa shape index (κ3) is 6.00. The van der Waals surface area contributed by atoms with Crippen LogP contribution in [0, 0.1) is 0 Å². The number of carbonyl (C=O) groups excluding carboxylic acids is 2. The maximum atomic E-state index is 12.6. The molecule has 0 fully saturated rings. The molecule has 6 heteroatoms. The number of nitrogens with zero attached hydrogens (tertiary/aromatic N) is 3. The number of hydrogen-bond donors (Lipinski definition) is 0. The van der Waals surface area contributed by atoms with Gasteiger partial charge in [0.2, 0.25) is 0 Å². The molecule has 2 rings (SSSR count). The first-order valence-corrected chi connectivity index (χ1v) is 8.09. The van der Waals surface area contributed by atoms with Gasteiger partial charge in [-0.05, 0) is 38.4 Å². The molecule has 0 unspecified atom stereocenters. The lowest BCUT2D eigenvalue weighted by atomic mass is 10.2. The highest BCUT2D eigenvalue weighted by Gasteiger charge is 2.16. The first kappa shape index (κ1) is 18.6. The molecule has 0 aliphatic heterocycles. The van der Waals surface area contributed by atoms with E-state index in [1.807, 2.05) is 37.2 Å². The summed E-state index contributed by atoms with van der Waals surface area (Å²) in [6.45, 7) is 1.61. The van der Waals surface area contributed by atoms with Crippen molar-refractivity contribution in [3.63, 3.8) is 0 Å². The summed E-state index contributed by atoms with van der Waals surface area (Å²) in [6.07, 6.45) is 2.43. The lowest BCUT2D eigenvalue weighted by Gasteiger charge is -2.24. The molecule has 2 aromatic rings. The molecule has 1 amide bonds. The van der Waals surface area contributed by atoms with Crippen LogP contribution in [0.3, 0.4) is 0 Å². The summed E-state index contributed by atoms with van der Waals surface area (Å²) in [5.74, 6) is 0.268. The minimum Gasteiger partial charge on any atom is -0.483 e. The molecule has 0 aliphatic carbocycles. The standard InChI is InChI=1S/C19H23N3O3/c1-21(2)11-12-22(13-17-8-5-6-10-20-17)19(24)15-25-18-9-4-3-7-16(18)14-23/h3-10,14H,11-13,15H2,1-2H3. The fourth-order valence-corrected chi connectivity index (χ4v) is 2.24. The summed E-state index contributed by atoms with van der Waals surface area (Å²) in [5.41, 5.74) is 1.25. The Bertz CT molecular complexity index is 689. The van der Waals surface area contributed by atoms with Gasteiger partial charge in [-0.2, -0.15) is 0 Å². The van der Waals surface area contributed by atoms with Crippen molar-refractivity contribution in [2.45, 2.75) is 6.54 Å². The van der Waals surface area contributed by atoms with E-state index in [4.69, 9.17) is 4.74 Å². The largest absolute Gasteiger partial charge is 0.483 e. The molecular formula is C19H23N3O3. The van der Waals surface area contributed by atoms with Crippen molar-refractivity contribution in [2.24, 2.45) is 0 Å². The van der Waals surface area contributed by atoms with E-state index in [-0.39, 0.29) is 12.5 Å². The Morgan fingerprint density at radius 3 is 2.56 bits per heavy atom. The summed E-state index contributed by atoms with van der Waals surface area (Å²) in [4.78, 5) is 31.6. The van der Waals surface area contributed by atoms with Crippen LogP contribution < -0.4 is 4.74 Å². The first-order valence-electron chi connectivity index (χ1n) is 8.09. The second-order valence-electron chi connectivity index (χ2n) is 5.88.